The second-order valence-corrected chi connectivity index (χ2v) is 12.3. The summed E-state index contributed by atoms with van der Waals surface area (Å²) in [6.07, 6.45) is 11.4. The van der Waals surface area contributed by atoms with Crippen LogP contribution in [0.1, 0.15) is 72.5 Å². The highest BCUT2D eigenvalue weighted by molar-refractivity contribution is 6.04. The number of anilines is 1. The van der Waals surface area contributed by atoms with E-state index in [1.165, 1.54) is 31.4 Å². The molecule has 2 saturated carbocycles. The molecule has 43 heavy (non-hydrogen) atoms. The number of amides is 1. The second-order valence-electron chi connectivity index (χ2n) is 12.3. The molecule has 7 rings (SSSR count). The summed E-state index contributed by atoms with van der Waals surface area (Å²) in [6, 6.07) is 10.1. The smallest absolute Gasteiger partial charge is 0.263 e. The number of hydrogen-bond donors (Lipinski definition) is 1. The van der Waals surface area contributed by atoms with Crippen molar-refractivity contribution in [2.24, 2.45) is 13.0 Å². The Morgan fingerprint density at radius 2 is 1.84 bits per heavy atom. The molecule has 4 heterocycles. The average molecular weight is 582 g/mol. The maximum Gasteiger partial charge on any atom is 0.263 e. The van der Waals surface area contributed by atoms with Crippen LogP contribution in [0.4, 0.5) is 10.2 Å². The van der Waals surface area contributed by atoms with Crippen LogP contribution in [0, 0.1) is 11.7 Å². The molecule has 3 fully saturated rings. The van der Waals surface area contributed by atoms with Gasteiger partial charge in [-0.2, -0.15) is 0 Å². The van der Waals surface area contributed by atoms with Crippen LogP contribution in [-0.2, 0) is 20.1 Å². The summed E-state index contributed by atoms with van der Waals surface area (Å²) in [6.45, 7) is 3.43. The highest BCUT2D eigenvalue weighted by atomic mass is 19.1. The number of hydrogen-bond acceptors (Lipinski definition) is 6. The highest BCUT2D eigenvalue weighted by Crippen LogP contribution is 2.42. The van der Waals surface area contributed by atoms with Crippen molar-refractivity contribution in [3.63, 3.8) is 0 Å². The first kappa shape index (κ1) is 27.6. The monoisotopic (exact) mass is 581 g/mol. The number of nitrogens with zero attached hydrogens (tertiary/aromatic N) is 6. The number of carbonyl (C=O) groups is 1. The third-order valence-electron chi connectivity index (χ3n) is 8.72. The molecule has 3 aromatic heterocycles. The lowest BCUT2D eigenvalue weighted by atomic mass is 9.98. The topological polar surface area (TPSA) is 97.9 Å². The van der Waals surface area contributed by atoms with Crippen molar-refractivity contribution in [1.82, 2.24) is 29.2 Å². The van der Waals surface area contributed by atoms with Crippen molar-refractivity contribution in [2.75, 3.05) is 18.4 Å². The van der Waals surface area contributed by atoms with Crippen molar-refractivity contribution in [3.05, 3.63) is 81.9 Å². The highest BCUT2D eigenvalue weighted by Gasteiger charge is 2.28. The van der Waals surface area contributed by atoms with Gasteiger partial charge < -0.3 is 14.5 Å². The summed E-state index contributed by atoms with van der Waals surface area (Å²) in [5.74, 6) is 0.863. The van der Waals surface area contributed by atoms with Crippen LogP contribution in [0.15, 0.2) is 53.7 Å². The van der Waals surface area contributed by atoms with Gasteiger partial charge in [0.05, 0.1) is 0 Å². The Bertz CT molecular complexity index is 1730. The molecule has 9 nitrogen and oxygen atoms in total. The zero-order chi connectivity index (χ0) is 29.5. The number of nitrogens with one attached hydrogen (secondary N) is 1. The molecule has 0 spiro atoms. The predicted octanol–water partition coefficient (Wildman–Crippen LogP) is 5.37. The van der Waals surface area contributed by atoms with E-state index in [-0.39, 0.29) is 16.9 Å². The Labute approximate surface area is 249 Å². The summed E-state index contributed by atoms with van der Waals surface area (Å²) in [4.78, 5) is 34.5. The van der Waals surface area contributed by atoms with Gasteiger partial charge in [-0.05, 0) is 105 Å². The fourth-order valence-corrected chi connectivity index (χ4v) is 6.06. The Kier molecular flexibility index (Phi) is 7.38. The second kappa shape index (κ2) is 11.5. The van der Waals surface area contributed by atoms with Gasteiger partial charge in [0.15, 0.2) is 5.82 Å². The standard InChI is InChI=1S/C33H36FN7O2/c1-39-20-35-38-31(39)27-16-25(34)9-10-26(27)24-14-29(23-7-8-23)36-30(15-24)37-32(42)28-13-22(17-40-11-3-2-4-12-40)19-41(33(28)43)18-21-5-6-21/h9-10,13-16,19-21,23H,2-8,11-12,17-18H2,1H3,(H,36,37,42). The molecule has 0 bridgehead atoms. The van der Waals surface area contributed by atoms with E-state index in [9.17, 15) is 14.0 Å². The molecule has 1 aliphatic heterocycles. The Morgan fingerprint density at radius 3 is 2.56 bits per heavy atom. The first-order chi connectivity index (χ1) is 20.9. The molecular formula is C33H36FN7O2. The average Bonchev–Trinajstić information content (AvgIpc) is 3.94. The largest absolute Gasteiger partial charge is 0.317 e. The van der Waals surface area contributed by atoms with E-state index in [0.717, 1.165) is 67.7 Å². The van der Waals surface area contributed by atoms with Gasteiger partial charge in [0.1, 0.15) is 23.5 Å². The van der Waals surface area contributed by atoms with Crippen molar-refractivity contribution < 1.29 is 9.18 Å². The first-order valence-corrected chi connectivity index (χ1v) is 15.3. The number of piperidine rings is 1. The van der Waals surface area contributed by atoms with Gasteiger partial charge in [0.2, 0.25) is 0 Å². The number of aromatic nitrogens is 5. The van der Waals surface area contributed by atoms with Crippen molar-refractivity contribution in [3.8, 4) is 22.5 Å². The lowest BCUT2D eigenvalue weighted by Crippen LogP contribution is -2.33. The lowest BCUT2D eigenvalue weighted by Gasteiger charge is -2.26. The minimum absolute atomic E-state index is 0.136. The summed E-state index contributed by atoms with van der Waals surface area (Å²) < 4.78 is 17.9. The lowest BCUT2D eigenvalue weighted by molar-refractivity contribution is 0.102. The molecule has 0 unspecified atom stereocenters. The van der Waals surface area contributed by atoms with Crippen LogP contribution >= 0.6 is 0 Å². The van der Waals surface area contributed by atoms with Crippen molar-refractivity contribution in [1.29, 1.82) is 0 Å². The van der Waals surface area contributed by atoms with Gasteiger partial charge in [-0.3, -0.25) is 14.5 Å². The fourth-order valence-electron chi connectivity index (χ4n) is 6.06. The van der Waals surface area contributed by atoms with Crippen LogP contribution in [0.3, 0.4) is 0 Å². The van der Waals surface area contributed by atoms with E-state index < -0.39 is 5.91 Å². The van der Waals surface area contributed by atoms with Gasteiger partial charge in [-0.25, -0.2) is 9.37 Å². The molecule has 1 N–H and O–H groups in total. The van der Waals surface area contributed by atoms with Gasteiger partial charge in [-0.15, -0.1) is 10.2 Å². The Morgan fingerprint density at radius 1 is 1.02 bits per heavy atom. The third kappa shape index (κ3) is 6.15. The molecule has 4 aromatic rings. The van der Waals surface area contributed by atoms with Crippen LogP contribution in [-0.4, -0.2) is 48.2 Å². The van der Waals surface area contributed by atoms with Crippen LogP contribution in [0.5, 0.6) is 0 Å². The van der Waals surface area contributed by atoms with Crippen molar-refractivity contribution >= 4 is 11.7 Å². The quantitative estimate of drug-likeness (QED) is 0.285. The van der Waals surface area contributed by atoms with E-state index in [2.05, 4.69) is 20.4 Å². The molecule has 10 heteroatoms. The van der Waals surface area contributed by atoms with E-state index in [4.69, 9.17) is 4.98 Å². The molecule has 0 radical (unpaired) electrons. The normalized spacial score (nSPS) is 17.3. The van der Waals surface area contributed by atoms with Crippen LogP contribution in [0.25, 0.3) is 22.5 Å². The maximum atomic E-state index is 14.4. The van der Waals surface area contributed by atoms with Crippen LogP contribution in [0.2, 0.25) is 0 Å². The van der Waals surface area contributed by atoms with E-state index in [1.807, 2.05) is 19.3 Å². The molecule has 2 aliphatic carbocycles. The third-order valence-corrected chi connectivity index (χ3v) is 8.72. The van der Waals surface area contributed by atoms with Gasteiger partial charge in [0, 0.05) is 43.5 Å². The molecule has 1 saturated heterocycles. The zero-order valence-corrected chi connectivity index (χ0v) is 24.4. The van der Waals surface area contributed by atoms with Gasteiger partial charge in [-0.1, -0.05) is 12.5 Å². The molecule has 3 aliphatic rings. The van der Waals surface area contributed by atoms with E-state index in [0.29, 0.717) is 35.6 Å². The number of rotatable bonds is 9. The van der Waals surface area contributed by atoms with E-state index in [1.54, 1.807) is 33.7 Å². The first-order valence-electron chi connectivity index (χ1n) is 15.3. The Hall–Kier alpha value is -4.18. The number of aryl methyl sites for hydroxylation is 1. The summed E-state index contributed by atoms with van der Waals surface area (Å²) in [5, 5.41) is 11.1. The summed E-state index contributed by atoms with van der Waals surface area (Å²) in [5.41, 5.74) is 3.85. The van der Waals surface area contributed by atoms with E-state index >= 15 is 0 Å². The number of likely N-dealkylation sites (tertiary alicyclic amines) is 1. The Balaban J connectivity index is 1.24. The molecule has 222 valence electrons. The number of benzene rings is 1. The number of carbonyl (C=O) groups excluding carboxylic acids is 1. The maximum absolute atomic E-state index is 14.4. The molecule has 1 aromatic carbocycles. The molecule has 1 amide bonds. The molecular weight excluding hydrogens is 545 g/mol. The predicted molar refractivity (Wildman–Crippen MR) is 162 cm³/mol. The van der Waals surface area contributed by atoms with Crippen molar-refractivity contribution in [2.45, 2.75) is 64.0 Å². The number of pyridine rings is 2. The summed E-state index contributed by atoms with van der Waals surface area (Å²) in [7, 11) is 1.81. The minimum atomic E-state index is -0.464. The molecule has 0 atom stereocenters. The number of halogens is 1. The van der Waals surface area contributed by atoms with Gasteiger partial charge in [0.25, 0.3) is 11.5 Å². The van der Waals surface area contributed by atoms with Crippen LogP contribution < -0.4 is 10.9 Å². The minimum Gasteiger partial charge on any atom is -0.317 e. The summed E-state index contributed by atoms with van der Waals surface area (Å²) >= 11 is 0. The van der Waals surface area contributed by atoms with Gasteiger partial charge >= 0.3 is 0 Å². The SMILES string of the molecule is Cn1cnnc1-c1cc(F)ccc1-c1cc(NC(=O)c2cc(CN3CCCCC3)cn(CC3CC3)c2=O)nc(C2CC2)c1. The zero-order valence-electron chi connectivity index (χ0n) is 24.4. The fraction of sp³-hybridized carbons (Fsp3) is 0.424.